The number of pyridine rings is 1. The van der Waals surface area contributed by atoms with Crippen molar-refractivity contribution in [1.82, 2.24) is 10.3 Å². The standard InChI is InChI=1S/C8H10N2O2.CH4/c11-5-8(10-6-12)7-3-1-2-4-9-7;/h1-4,6,8,11H,5H2,(H,10,12);1H4. The van der Waals surface area contributed by atoms with Crippen molar-refractivity contribution in [2.75, 3.05) is 6.61 Å². The molecule has 0 aliphatic heterocycles. The predicted octanol–water partition coefficient (Wildman–Crippen LogP) is 0.497. The van der Waals surface area contributed by atoms with Crippen LogP contribution >= 0.6 is 0 Å². The van der Waals surface area contributed by atoms with E-state index in [-0.39, 0.29) is 14.0 Å². The fourth-order valence-corrected chi connectivity index (χ4v) is 0.896. The molecule has 1 amide bonds. The molecule has 13 heavy (non-hydrogen) atoms. The molecule has 0 spiro atoms. The molecule has 0 aliphatic carbocycles. The van der Waals surface area contributed by atoms with Crippen LogP contribution in [0.2, 0.25) is 0 Å². The molecule has 0 aromatic carbocycles. The predicted molar refractivity (Wildman–Crippen MR) is 50.0 cm³/mol. The highest BCUT2D eigenvalue weighted by Gasteiger charge is 2.08. The Labute approximate surface area is 77.6 Å². The largest absolute Gasteiger partial charge is 0.394 e. The maximum Gasteiger partial charge on any atom is 0.207 e. The van der Waals surface area contributed by atoms with E-state index in [0.717, 1.165) is 0 Å². The molecule has 1 atom stereocenters. The third-order valence-electron chi connectivity index (χ3n) is 1.50. The molecule has 0 fully saturated rings. The van der Waals surface area contributed by atoms with Crippen LogP contribution in [0.25, 0.3) is 0 Å². The van der Waals surface area contributed by atoms with Crippen molar-refractivity contribution in [1.29, 1.82) is 0 Å². The van der Waals surface area contributed by atoms with Gasteiger partial charge in [0.05, 0.1) is 18.3 Å². The maximum absolute atomic E-state index is 10.1. The first-order chi connectivity index (χ1) is 5.88. The average molecular weight is 182 g/mol. The number of hydrogen-bond donors (Lipinski definition) is 2. The van der Waals surface area contributed by atoms with Crippen LogP contribution in [0.15, 0.2) is 24.4 Å². The SMILES string of the molecule is C.O=CNC(CO)c1ccccn1. The summed E-state index contributed by atoms with van der Waals surface area (Å²) in [6.45, 7) is -0.143. The van der Waals surface area contributed by atoms with Gasteiger partial charge in [0.1, 0.15) is 0 Å². The summed E-state index contributed by atoms with van der Waals surface area (Å²) in [5.74, 6) is 0. The Morgan fingerprint density at radius 2 is 2.38 bits per heavy atom. The van der Waals surface area contributed by atoms with Crippen LogP contribution in [0.5, 0.6) is 0 Å². The van der Waals surface area contributed by atoms with Gasteiger partial charge < -0.3 is 10.4 Å². The van der Waals surface area contributed by atoms with Crippen LogP contribution in [0.1, 0.15) is 19.2 Å². The quantitative estimate of drug-likeness (QED) is 0.666. The number of aromatic nitrogens is 1. The molecule has 4 nitrogen and oxygen atoms in total. The van der Waals surface area contributed by atoms with Crippen LogP contribution in [-0.2, 0) is 4.79 Å². The highest BCUT2D eigenvalue weighted by Crippen LogP contribution is 2.06. The van der Waals surface area contributed by atoms with Gasteiger partial charge in [-0.05, 0) is 12.1 Å². The molecule has 4 heteroatoms. The van der Waals surface area contributed by atoms with Crippen molar-refractivity contribution in [3.8, 4) is 0 Å². The van der Waals surface area contributed by atoms with E-state index < -0.39 is 6.04 Å². The number of aliphatic hydroxyl groups excluding tert-OH is 1. The molecule has 0 bridgehead atoms. The molecule has 1 rings (SSSR count). The molecule has 1 unspecified atom stereocenters. The van der Waals surface area contributed by atoms with Crippen LogP contribution in [0, 0.1) is 0 Å². The van der Waals surface area contributed by atoms with E-state index in [9.17, 15) is 4.79 Å². The summed E-state index contributed by atoms with van der Waals surface area (Å²) < 4.78 is 0. The Morgan fingerprint density at radius 3 is 2.85 bits per heavy atom. The molecule has 0 saturated carbocycles. The van der Waals surface area contributed by atoms with E-state index in [0.29, 0.717) is 12.1 Å². The Balaban J connectivity index is 0.00000144. The van der Waals surface area contributed by atoms with Gasteiger partial charge in [0, 0.05) is 6.20 Å². The topological polar surface area (TPSA) is 62.2 Å². The number of nitrogens with zero attached hydrogens (tertiary/aromatic N) is 1. The van der Waals surface area contributed by atoms with E-state index in [2.05, 4.69) is 10.3 Å². The molecule has 1 aromatic rings. The summed E-state index contributed by atoms with van der Waals surface area (Å²) in [6, 6.07) is 4.93. The number of carbonyl (C=O) groups is 1. The van der Waals surface area contributed by atoms with E-state index in [1.165, 1.54) is 0 Å². The van der Waals surface area contributed by atoms with Crippen molar-refractivity contribution in [3.05, 3.63) is 30.1 Å². The van der Waals surface area contributed by atoms with Crippen molar-refractivity contribution < 1.29 is 9.90 Å². The van der Waals surface area contributed by atoms with Gasteiger partial charge in [-0.3, -0.25) is 9.78 Å². The lowest BCUT2D eigenvalue weighted by atomic mass is 10.2. The molecular weight excluding hydrogens is 168 g/mol. The number of aliphatic hydroxyl groups is 1. The van der Waals surface area contributed by atoms with E-state index >= 15 is 0 Å². The van der Waals surface area contributed by atoms with Gasteiger partial charge in [0.15, 0.2) is 0 Å². The van der Waals surface area contributed by atoms with Crippen LogP contribution in [0.3, 0.4) is 0 Å². The highest BCUT2D eigenvalue weighted by molar-refractivity contribution is 5.47. The Morgan fingerprint density at radius 1 is 1.62 bits per heavy atom. The Kier molecular flexibility index (Phi) is 5.47. The van der Waals surface area contributed by atoms with Gasteiger partial charge in [-0.1, -0.05) is 13.5 Å². The molecule has 72 valence electrons. The minimum Gasteiger partial charge on any atom is -0.394 e. The van der Waals surface area contributed by atoms with E-state index in [4.69, 9.17) is 5.11 Å². The van der Waals surface area contributed by atoms with Gasteiger partial charge >= 0.3 is 0 Å². The Bertz CT molecular complexity index is 239. The van der Waals surface area contributed by atoms with Crippen molar-refractivity contribution in [2.24, 2.45) is 0 Å². The summed E-state index contributed by atoms with van der Waals surface area (Å²) in [4.78, 5) is 14.1. The summed E-state index contributed by atoms with van der Waals surface area (Å²) >= 11 is 0. The van der Waals surface area contributed by atoms with Gasteiger partial charge in [-0.2, -0.15) is 0 Å². The second kappa shape index (κ2) is 6.14. The van der Waals surface area contributed by atoms with E-state index in [1.807, 2.05) is 0 Å². The zero-order valence-electron chi connectivity index (χ0n) is 6.47. The zero-order chi connectivity index (χ0) is 8.81. The minimum absolute atomic E-state index is 0. The van der Waals surface area contributed by atoms with Gasteiger partial charge in [0.25, 0.3) is 0 Å². The molecule has 1 heterocycles. The first kappa shape index (κ1) is 11.6. The van der Waals surface area contributed by atoms with Gasteiger partial charge in [-0.15, -0.1) is 0 Å². The summed E-state index contributed by atoms with van der Waals surface area (Å²) in [5.41, 5.74) is 0.659. The fourth-order valence-electron chi connectivity index (χ4n) is 0.896. The number of amides is 1. The van der Waals surface area contributed by atoms with Crippen LogP contribution in [-0.4, -0.2) is 23.1 Å². The molecule has 2 N–H and O–H groups in total. The fraction of sp³-hybridized carbons (Fsp3) is 0.333. The molecular formula is C9H14N2O2. The normalized spacial score (nSPS) is 11.2. The van der Waals surface area contributed by atoms with E-state index in [1.54, 1.807) is 24.4 Å². The molecule has 0 aliphatic rings. The lowest BCUT2D eigenvalue weighted by molar-refractivity contribution is -0.110. The minimum atomic E-state index is -0.399. The molecule has 1 aromatic heterocycles. The summed E-state index contributed by atoms with van der Waals surface area (Å²) in [5, 5.41) is 11.3. The third-order valence-corrected chi connectivity index (χ3v) is 1.50. The third kappa shape index (κ3) is 3.21. The van der Waals surface area contributed by atoms with Crippen LogP contribution in [0.4, 0.5) is 0 Å². The van der Waals surface area contributed by atoms with Crippen LogP contribution < -0.4 is 5.32 Å². The second-order valence-electron chi connectivity index (χ2n) is 2.27. The van der Waals surface area contributed by atoms with Gasteiger partial charge in [-0.25, -0.2) is 0 Å². The smallest absolute Gasteiger partial charge is 0.207 e. The Hall–Kier alpha value is -1.42. The second-order valence-corrected chi connectivity index (χ2v) is 2.27. The van der Waals surface area contributed by atoms with Crippen molar-refractivity contribution >= 4 is 6.41 Å². The maximum atomic E-state index is 10.1. The van der Waals surface area contributed by atoms with Crippen molar-refractivity contribution in [3.63, 3.8) is 0 Å². The highest BCUT2D eigenvalue weighted by atomic mass is 16.3. The van der Waals surface area contributed by atoms with Crippen molar-refractivity contribution in [2.45, 2.75) is 13.5 Å². The number of carbonyl (C=O) groups excluding carboxylic acids is 1. The number of hydrogen-bond acceptors (Lipinski definition) is 3. The number of rotatable bonds is 4. The number of nitrogens with one attached hydrogen (secondary N) is 1. The summed E-state index contributed by atoms with van der Waals surface area (Å²) in [7, 11) is 0. The summed E-state index contributed by atoms with van der Waals surface area (Å²) in [6.07, 6.45) is 2.17. The molecule has 0 saturated heterocycles. The lowest BCUT2D eigenvalue weighted by Gasteiger charge is -2.11. The van der Waals surface area contributed by atoms with Gasteiger partial charge in [0.2, 0.25) is 6.41 Å². The first-order valence-electron chi connectivity index (χ1n) is 3.60. The monoisotopic (exact) mass is 182 g/mol. The molecule has 0 radical (unpaired) electrons. The zero-order valence-corrected chi connectivity index (χ0v) is 6.47. The average Bonchev–Trinajstić information content (AvgIpc) is 2.15. The lowest BCUT2D eigenvalue weighted by Crippen LogP contribution is -2.23. The first-order valence-corrected chi connectivity index (χ1v) is 3.60.